The van der Waals surface area contributed by atoms with E-state index in [1.54, 1.807) is 0 Å². The van der Waals surface area contributed by atoms with Crippen molar-refractivity contribution in [3.8, 4) is 0 Å². The van der Waals surface area contributed by atoms with Crippen LogP contribution in [0, 0.1) is 5.92 Å². The summed E-state index contributed by atoms with van der Waals surface area (Å²) in [4.78, 5) is 4.54. The van der Waals surface area contributed by atoms with Crippen molar-refractivity contribution in [2.24, 2.45) is 5.92 Å². The van der Waals surface area contributed by atoms with Crippen LogP contribution >= 0.6 is 0 Å². The lowest BCUT2D eigenvalue weighted by Crippen LogP contribution is -2.37. The molecule has 0 amide bonds. The largest absolute Gasteiger partial charge is 0.390 e. The summed E-state index contributed by atoms with van der Waals surface area (Å²) < 4.78 is 0. The van der Waals surface area contributed by atoms with Crippen LogP contribution in [0.3, 0.4) is 0 Å². The fourth-order valence-electron chi connectivity index (χ4n) is 2.47. The van der Waals surface area contributed by atoms with E-state index in [1.165, 1.54) is 19.4 Å². The number of rotatable bonds is 4. The van der Waals surface area contributed by atoms with Crippen molar-refractivity contribution in [3.63, 3.8) is 0 Å². The first kappa shape index (κ1) is 13.2. The molecule has 0 aliphatic carbocycles. The van der Waals surface area contributed by atoms with Crippen LogP contribution in [0.25, 0.3) is 0 Å². The lowest BCUT2D eigenvalue weighted by Gasteiger charge is -2.33. The van der Waals surface area contributed by atoms with E-state index >= 15 is 0 Å². The van der Waals surface area contributed by atoms with Gasteiger partial charge in [-0.3, -0.25) is 0 Å². The highest BCUT2D eigenvalue weighted by molar-refractivity contribution is 5.37. The quantitative estimate of drug-likeness (QED) is 0.854. The fourth-order valence-corrected chi connectivity index (χ4v) is 2.47. The van der Waals surface area contributed by atoms with Gasteiger partial charge in [-0.15, -0.1) is 5.10 Å². The Morgan fingerprint density at radius 2 is 2.00 bits per heavy atom. The highest BCUT2D eigenvalue weighted by Crippen LogP contribution is 2.21. The van der Waals surface area contributed by atoms with Crippen molar-refractivity contribution >= 4 is 5.82 Å². The standard InChI is InChI=1S/C13H22N4O/c1-16(2)9-11-5-7-17(8-6-11)13-4-3-12(10-18)14-15-13/h3-4,11,18H,5-10H2,1-2H3. The molecule has 1 aromatic rings. The van der Waals surface area contributed by atoms with Gasteiger partial charge in [-0.05, 0) is 45.0 Å². The predicted octanol–water partition coefficient (Wildman–Crippen LogP) is 0.747. The second-order valence-corrected chi connectivity index (χ2v) is 5.23. The lowest BCUT2D eigenvalue weighted by atomic mass is 9.96. The highest BCUT2D eigenvalue weighted by Gasteiger charge is 2.20. The van der Waals surface area contributed by atoms with Crippen molar-refractivity contribution in [1.82, 2.24) is 15.1 Å². The number of hydrogen-bond donors (Lipinski definition) is 1. The zero-order valence-corrected chi connectivity index (χ0v) is 11.2. The Balaban J connectivity index is 1.88. The number of aliphatic hydroxyl groups excluding tert-OH is 1. The van der Waals surface area contributed by atoms with E-state index in [9.17, 15) is 0 Å². The second-order valence-electron chi connectivity index (χ2n) is 5.23. The zero-order chi connectivity index (χ0) is 13.0. The molecule has 0 atom stereocenters. The monoisotopic (exact) mass is 250 g/mol. The Kier molecular flexibility index (Phi) is 4.49. The Labute approximate surface area is 108 Å². The lowest BCUT2D eigenvalue weighted by molar-refractivity contribution is 0.275. The maximum absolute atomic E-state index is 8.94. The summed E-state index contributed by atoms with van der Waals surface area (Å²) >= 11 is 0. The Morgan fingerprint density at radius 3 is 2.50 bits per heavy atom. The summed E-state index contributed by atoms with van der Waals surface area (Å²) in [5.74, 6) is 1.72. The molecule has 100 valence electrons. The summed E-state index contributed by atoms with van der Waals surface area (Å²) in [6.07, 6.45) is 2.42. The van der Waals surface area contributed by atoms with Gasteiger partial charge in [0.15, 0.2) is 5.82 Å². The molecule has 1 fully saturated rings. The maximum Gasteiger partial charge on any atom is 0.151 e. The van der Waals surface area contributed by atoms with Crippen LogP contribution in [0.5, 0.6) is 0 Å². The summed E-state index contributed by atoms with van der Waals surface area (Å²) in [5, 5.41) is 17.1. The molecule has 18 heavy (non-hydrogen) atoms. The summed E-state index contributed by atoms with van der Waals surface area (Å²) in [5.41, 5.74) is 0.626. The number of hydrogen-bond acceptors (Lipinski definition) is 5. The number of aromatic nitrogens is 2. The molecular weight excluding hydrogens is 228 g/mol. The molecule has 1 N–H and O–H groups in total. The van der Waals surface area contributed by atoms with E-state index in [0.717, 1.165) is 24.8 Å². The predicted molar refractivity (Wildman–Crippen MR) is 71.4 cm³/mol. The first-order valence-electron chi connectivity index (χ1n) is 6.52. The van der Waals surface area contributed by atoms with Crippen LogP contribution in [-0.4, -0.2) is 53.9 Å². The van der Waals surface area contributed by atoms with Gasteiger partial charge in [-0.2, -0.15) is 5.10 Å². The first-order valence-corrected chi connectivity index (χ1v) is 6.52. The van der Waals surface area contributed by atoms with E-state index < -0.39 is 0 Å². The summed E-state index contributed by atoms with van der Waals surface area (Å²) in [7, 11) is 4.26. The molecule has 1 aliphatic rings. The SMILES string of the molecule is CN(C)CC1CCN(c2ccc(CO)nn2)CC1. The van der Waals surface area contributed by atoms with Gasteiger partial charge in [0.2, 0.25) is 0 Å². The Bertz CT molecular complexity index is 358. The third kappa shape index (κ3) is 3.40. The maximum atomic E-state index is 8.94. The van der Waals surface area contributed by atoms with Crippen LogP contribution in [-0.2, 0) is 6.61 Å². The fraction of sp³-hybridized carbons (Fsp3) is 0.692. The zero-order valence-electron chi connectivity index (χ0n) is 11.2. The molecule has 0 bridgehead atoms. The van der Waals surface area contributed by atoms with Crippen LogP contribution in [0.1, 0.15) is 18.5 Å². The van der Waals surface area contributed by atoms with Gasteiger partial charge in [0.25, 0.3) is 0 Å². The minimum Gasteiger partial charge on any atom is -0.390 e. The van der Waals surface area contributed by atoms with E-state index in [1.807, 2.05) is 12.1 Å². The topological polar surface area (TPSA) is 52.5 Å². The van der Waals surface area contributed by atoms with Gasteiger partial charge in [-0.1, -0.05) is 0 Å². The van der Waals surface area contributed by atoms with Crippen LogP contribution in [0.15, 0.2) is 12.1 Å². The van der Waals surface area contributed by atoms with E-state index in [-0.39, 0.29) is 6.61 Å². The molecule has 5 nitrogen and oxygen atoms in total. The molecule has 1 aromatic heterocycles. The molecule has 2 rings (SSSR count). The Hall–Kier alpha value is -1.20. The van der Waals surface area contributed by atoms with Crippen molar-refractivity contribution < 1.29 is 5.11 Å². The van der Waals surface area contributed by atoms with Crippen molar-refractivity contribution in [3.05, 3.63) is 17.8 Å². The molecule has 0 saturated carbocycles. The third-order valence-corrected chi connectivity index (χ3v) is 3.43. The minimum absolute atomic E-state index is 0.0435. The number of nitrogens with zero attached hydrogens (tertiary/aromatic N) is 4. The molecule has 2 heterocycles. The molecule has 0 radical (unpaired) electrons. The molecule has 1 saturated heterocycles. The van der Waals surface area contributed by atoms with Gasteiger partial charge in [0.1, 0.15) is 0 Å². The normalized spacial score (nSPS) is 17.4. The molecule has 0 aromatic carbocycles. The van der Waals surface area contributed by atoms with Gasteiger partial charge < -0.3 is 14.9 Å². The van der Waals surface area contributed by atoms with Crippen molar-refractivity contribution in [1.29, 1.82) is 0 Å². The highest BCUT2D eigenvalue weighted by atomic mass is 16.3. The van der Waals surface area contributed by atoms with E-state index in [2.05, 4.69) is 34.1 Å². The number of piperidine rings is 1. The second kappa shape index (κ2) is 6.11. The minimum atomic E-state index is -0.0435. The summed E-state index contributed by atoms with van der Waals surface area (Å²) in [6.45, 7) is 3.22. The number of anilines is 1. The van der Waals surface area contributed by atoms with Crippen LogP contribution < -0.4 is 4.90 Å². The van der Waals surface area contributed by atoms with Crippen molar-refractivity contribution in [2.75, 3.05) is 38.6 Å². The first-order chi connectivity index (χ1) is 8.69. The van der Waals surface area contributed by atoms with Crippen LogP contribution in [0.2, 0.25) is 0 Å². The molecule has 5 heteroatoms. The van der Waals surface area contributed by atoms with E-state index in [4.69, 9.17) is 5.11 Å². The summed E-state index contributed by atoms with van der Waals surface area (Å²) in [6, 6.07) is 3.79. The smallest absolute Gasteiger partial charge is 0.151 e. The van der Waals surface area contributed by atoms with Gasteiger partial charge in [-0.25, -0.2) is 0 Å². The van der Waals surface area contributed by atoms with Gasteiger partial charge in [0.05, 0.1) is 12.3 Å². The number of aliphatic hydroxyl groups is 1. The van der Waals surface area contributed by atoms with Gasteiger partial charge >= 0.3 is 0 Å². The van der Waals surface area contributed by atoms with Crippen molar-refractivity contribution in [2.45, 2.75) is 19.4 Å². The molecule has 0 spiro atoms. The van der Waals surface area contributed by atoms with E-state index in [0.29, 0.717) is 5.69 Å². The van der Waals surface area contributed by atoms with Gasteiger partial charge in [0, 0.05) is 19.6 Å². The molecular formula is C13H22N4O. The van der Waals surface area contributed by atoms with Crippen LogP contribution in [0.4, 0.5) is 5.82 Å². The average Bonchev–Trinajstić information content (AvgIpc) is 2.39. The third-order valence-electron chi connectivity index (χ3n) is 3.43. The Morgan fingerprint density at radius 1 is 1.28 bits per heavy atom. The molecule has 0 unspecified atom stereocenters. The molecule has 1 aliphatic heterocycles. The average molecular weight is 250 g/mol.